The summed E-state index contributed by atoms with van der Waals surface area (Å²) in [5, 5.41) is 8.84. The highest BCUT2D eigenvalue weighted by Gasteiger charge is 2.61. The number of hydrogen-bond donors (Lipinski definition) is 2. The van der Waals surface area contributed by atoms with Crippen LogP contribution in [0.2, 0.25) is 0 Å². The van der Waals surface area contributed by atoms with E-state index in [0.717, 1.165) is 54.5 Å². The maximum absolute atomic E-state index is 13.5. The van der Waals surface area contributed by atoms with Crippen LogP contribution in [-0.2, 0) is 16.9 Å². The van der Waals surface area contributed by atoms with E-state index < -0.39 is 0 Å². The van der Waals surface area contributed by atoms with E-state index in [1.165, 1.54) is 6.42 Å². The molecule has 30 heavy (non-hydrogen) atoms. The van der Waals surface area contributed by atoms with Crippen LogP contribution >= 0.6 is 0 Å². The Labute approximate surface area is 175 Å². The van der Waals surface area contributed by atoms with Crippen LogP contribution in [0.1, 0.15) is 44.2 Å². The zero-order valence-corrected chi connectivity index (χ0v) is 17.2. The SMILES string of the molecule is COc1ccc2[nH]c(CNC(=O)C34CC5CC(C3)CC(n3cncn3)(C5)C4)cc2c1. The van der Waals surface area contributed by atoms with E-state index in [9.17, 15) is 4.79 Å². The predicted octanol–water partition coefficient (Wildman–Crippen LogP) is 3.38. The summed E-state index contributed by atoms with van der Waals surface area (Å²) in [6.07, 6.45) is 9.89. The minimum Gasteiger partial charge on any atom is -0.497 e. The number of rotatable bonds is 5. The van der Waals surface area contributed by atoms with Gasteiger partial charge in [0.2, 0.25) is 5.91 Å². The highest BCUT2D eigenvalue weighted by atomic mass is 16.5. The number of H-pyrrole nitrogens is 1. The van der Waals surface area contributed by atoms with Crippen molar-refractivity contribution in [2.75, 3.05) is 7.11 Å². The van der Waals surface area contributed by atoms with Gasteiger partial charge in [0.25, 0.3) is 0 Å². The Morgan fingerprint density at radius 1 is 1.27 bits per heavy atom. The van der Waals surface area contributed by atoms with Crippen molar-refractivity contribution in [3.8, 4) is 5.75 Å². The van der Waals surface area contributed by atoms with Crippen molar-refractivity contribution in [1.82, 2.24) is 25.1 Å². The summed E-state index contributed by atoms with van der Waals surface area (Å²) in [6.45, 7) is 0.517. The summed E-state index contributed by atoms with van der Waals surface area (Å²) in [6, 6.07) is 8.06. The Balaban J connectivity index is 1.23. The molecule has 2 heterocycles. The van der Waals surface area contributed by atoms with Crippen LogP contribution in [0.5, 0.6) is 5.75 Å². The van der Waals surface area contributed by atoms with Crippen molar-refractivity contribution in [2.24, 2.45) is 17.3 Å². The van der Waals surface area contributed by atoms with Crippen LogP contribution in [0.3, 0.4) is 0 Å². The normalized spacial score (nSPS) is 31.9. The lowest BCUT2D eigenvalue weighted by Gasteiger charge is -2.60. The second-order valence-electron chi connectivity index (χ2n) is 9.74. The lowest BCUT2D eigenvalue weighted by molar-refractivity contribution is -0.156. The van der Waals surface area contributed by atoms with E-state index in [4.69, 9.17) is 4.74 Å². The summed E-state index contributed by atoms with van der Waals surface area (Å²) < 4.78 is 7.37. The molecule has 1 aromatic carbocycles. The summed E-state index contributed by atoms with van der Waals surface area (Å²) in [5.41, 5.74) is 1.77. The molecule has 7 rings (SSSR count). The van der Waals surface area contributed by atoms with Gasteiger partial charge >= 0.3 is 0 Å². The van der Waals surface area contributed by atoms with Crippen molar-refractivity contribution < 1.29 is 9.53 Å². The maximum Gasteiger partial charge on any atom is 0.226 e. The molecular formula is C23H27N5O2. The number of carbonyl (C=O) groups is 1. The molecule has 3 aromatic rings. The molecule has 4 bridgehead atoms. The van der Waals surface area contributed by atoms with E-state index in [-0.39, 0.29) is 16.9 Å². The number of aromatic nitrogens is 4. The van der Waals surface area contributed by atoms with Gasteiger partial charge in [-0.25, -0.2) is 9.67 Å². The van der Waals surface area contributed by atoms with Crippen LogP contribution in [-0.4, -0.2) is 32.8 Å². The quantitative estimate of drug-likeness (QED) is 0.682. The molecule has 0 aliphatic heterocycles. The highest BCUT2D eigenvalue weighted by Crippen LogP contribution is 2.64. The van der Waals surface area contributed by atoms with Gasteiger partial charge in [0.05, 0.1) is 24.6 Å². The van der Waals surface area contributed by atoms with Crippen LogP contribution in [0.25, 0.3) is 10.9 Å². The molecule has 4 aliphatic rings. The molecule has 156 valence electrons. The third-order valence-electron chi connectivity index (χ3n) is 7.74. The molecule has 2 unspecified atom stereocenters. The average molecular weight is 406 g/mol. The standard InChI is InChI=1S/C23H27N5O2/c1-30-19-2-3-20-17(6-19)5-18(27-20)11-25-21(29)22-7-15-4-16(8-22)10-23(9-15,12-22)28-14-24-13-26-28/h2-3,5-6,13-16,27H,4,7-12H2,1H3,(H,25,29). The number of hydrogen-bond acceptors (Lipinski definition) is 4. The number of carbonyl (C=O) groups excluding carboxylic acids is 1. The van der Waals surface area contributed by atoms with Crippen molar-refractivity contribution >= 4 is 16.8 Å². The molecule has 4 saturated carbocycles. The molecule has 4 aliphatic carbocycles. The van der Waals surface area contributed by atoms with Gasteiger partial charge in [-0.15, -0.1) is 0 Å². The van der Waals surface area contributed by atoms with E-state index in [2.05, 4.69) is 31.1 Å². The Bertz CT molecular complexity index is 1090. The average Bonchev–Trinajstić information content (AvgIpc) is 3.40. The van der Waals surface area contributed by atoms with Crippen molar-refractivity contribution in [2.45, 2.75) is 50.6 Å². The molecule has 0 spiro atoms. The maximum atomic E-state index is 13.5. The van der Waals surface area contributed by atoms with Gasteiger partial charge in [-0.05, 0) is 74.6 Å². The molecule has 4 fully saturated rings. The minimum absolute atomic E-state index is 0.0322. The van der Waals surface area contributed by atoms with Crippen molar-refractivity contribution in [3.63, 3.8) is 0 Å². The van der Waals surface area contributed by atoms with Gasteiger partial charge in [-0.3, -0.25) is 4.79 Å². The summed E-state index contributed by atoms with van der Waals surface area (Å²) in [4.78, 5) is 21.1. The van der Waals surface area contributed by atoms with E-state index in [1.807, 2.05) is 24.5 Å². The molecular weight excluding hydrogens is 378 g/mol. The minimum atomic E-state index is -0.273. The van der Waals surface area contributed by atoms with Gasteiger partial charge in [-0.2, -0.15) is 5.10 Å². The Morgan fingerprint density at radius 2 is 2.10 bits per heavy atom. The van der Waals surface area contributed by atoms with Crippen LogP contribution in [0.15, 0.2) is 36.9 Å². The van der Waals surface area contributed by atoms with Gasteiger partial charge in [-0.1, -0.05) is 0 Å². The summed E-state index contributed by atoms with van der Waals surface area (Å²) >= 11 is 0. The molecule has 1 amide bonds. The molecule has 0 radical (unpaired) electrons. The fourth-order valence-corrected chi connectivity index (χ4v) is 6.96. The number of methoxy groups -OCH3 is 1. The third kappa shape index (κ3) is 2.67. The molecule has 0 saturated heterocycles. The molecule has 7 nitrogen and oxygen atoms in total. The number of fused-ring (bicyclic) bond motifs is 1. The third-order valence-corrected chi connectivity index (χ3v) is 7.74. The first-order chi connectivity index (χ1) is 14.6. The monoisotopic (exact) mass is 405 g/mol. The topological polar surface area (TPSA) is 84.8 Å². The number of nitrogens with one attached hydrogen (secondary N) is 2. The largest absolute Gasteiger partial charge is 0.497 e. The first-order valence-electron chi connectivity index (χ1n) is 10.9. The lowest BCUT2D eigenvalue weighted by atomic mass is 9.46. The number of benzene rings is 1. The van der Waals surface area contributed by atoms with Gasteiger partial charge in [0, 0.05) is 16.6 Å². The Kier molecular flexibility index (Phi) is 3.80. The van der Waals surface area contributed by atoms with Crippen molar-refractivity contribution in [1.29, 1.82) is 0 Å². The second kappa shape index (κ2) is 6.33. The number of nitrogens with zero attached hydrogens (tertiary/aromatic N) is 3. The second-order valence-corrected chi connectivity index (χ2v) is 9.74. The van der Waals surface area contributed by atoms with Crippen LogP contribution in [0, 0.1) is 17.3 Å². The first kappa shape index (κ1) is 18.0. The van der Waals surface area contributed by atoms with Gasteiger partial charge < -0.3 is 15.0 Å². The number of ether oxygens (including phenoxy) is 1. The van der Waals surface area contributed by atoms with Gasteiger partial charge in [0.1, 0.15) is 18.4 Å². The summed E-state index contributed by atoms with van der Waals surface area (Å²) in [5.74, 6) is 2.27. The lowest BCUT2D eigenvalue weighted by Crippen LogP contribution is -2.61. The van der Waals surface area contributed by atoms with Crippen molar-refractivity contribution in [3.05, 3.63) is 42.6 Å². The first-order valence-corrected chi connectivity index (χ1v) is 10.9. The smallest absolute Gasteiger partial charge is 0.226 e. The number of amides is 1. The molecule has 2 aromatic heterocycles. The summed E-state index contributed by atoms with van der Waals surface area (Å²) in [7, 11) is 1.67. The molecule has 2 atom stereocenters. The van der Waals surface area contributed by atoms with Gasteiger partial charge in [0.15, 0.2) is 0 Å². The van der Waals surface area contributed by atoms with Crippen LogP contribution in [0.4, 0.5) is 0 Å². The molecule has 7 heteroatoms. The Morgan fingerprint density at radius 3 is 2.83 bits per heavy atom. The highest BCUT2D eigenvalue weighted by molar-refractivity contribution is 5.84. The van der Waals surface area contributed by atoms with Crippen LogP contribution < -0.4 is 10.1 Å². The van der Waals surface area contributed by atoms with E-state index in [0.29, 0.717) is 18.4 Å². The number of aromatic amines is 1. The predicted molar refractivity (Wildman–Crippen MR) is 112 cm³/mol. The fraction of sp³-hybridized carbons (Fsp3) is 0.522. The zero-order valence-electron chi connectivity index (χ0n) is 17.2. The zero-order chi connectivity index (χ0) is 20.3. The van der Waals surface area contributed by atoms with E-state index in [1.54, 1.807) is 13.4 Å². The fourth-order valence-electron chi connectivity index (χ4n) is 6.96. The van der Waals surface area contributed by atoms with E-state index >= 15 is 0 Å². The molecule has 2 N–H and O–H groups in total. The Hall–Kier alpha value is -2.83.